The highest BCUT2D eigenvalue weighted by molar-refractivity contribution is 5.91. The summed E-state index contributed by atoms with van der Waals surface area (Å²) in [6, 6.07) is 1.63. The average molecular weight is 298 g/mol. The van der Waals surface area contributed by atoms with E-state index in [1.54, 1.807) is 32.0 Å². The van der Waals surface area contributed by atoms with Crippen LogP contribution in [0.4, 0.5) is 5.82 Å². The van der Waals surface area contributed by atoms with Gasteiger partial charge in [0.05, 0.1) is 13.1 Å². The number of rotatable bonds is 9. The van der Waals surface area contributed by atoms with E-state index in [1.807, 2.05) is 0 Å². The first-order valence-corrected chi connectivity index (χ1v) is 6.68. The van der Waals surface area contributed by atoms with Gasteiger partial charge in [-0.15, -0.1) is 0 Å². The Bertz CT molecular complexity index is 461. The van der Waals surface area contributed by atoms with Crippen molar-refractivity contribution in [1.82, 2.24) is 15.4 Å². The van der Waals surface area contributed by atoms with Crippen molar-refractivity contribution in [3.63, 3.8) is 0 Å². The van der Waals surface area contributed by atoms with E-state index in [1.165, 1.54) is 0 Å². The summed E-state index contributed by atoms with van der Waals surface area (Å²) in [7, 11) is 3.31. The molecule has 1 heterocycles. The topological polar surface area (TPSA) is 96.7 Å². The molecule has 2 N–H and O–H groups in total. The lowest BCUT2D eigenvalue weighted by Gasteiger charge is -2.15. The number of hydrogen-bond acceptors (Lipinski definition) is 6. The van der Waals surface area contributed by atoms with Crippen molar-refractivity contribution in [2.24, 2.45) is 0 Å². The Morgan fingerprint density at radius 3 is 2.71 bits per heavy atom. The normalized spacial score (nSPS) is 10.7. The zero-order valence-electron chi connectivity index (χ0n) is 12.6. The maximum atomic E-state index is 11.7. The van der Waals surface area contributed by atoms with E-state index in [4.69, 9.17) is 9.26 Å². The standard InChI is InChI=1S/C13H22N4O4/c1-10-7-11(16-21-10)15-13(19)9-17(2)8-12(18)14-5-4-6-20-3/h7H,4-6,8-9H2,1-3H3,(H,14,18)(H,15,16,19). The van der Waals surface area contributed by atoms with Crippen molar-refractivity contribution in [3.05, 3.63) is 11.8 Å². The maximum absolute atomic E-state index is 11.7. The Kier molecular flexibility index (Phi) is 7.41. The number of methoxy groups -OCH3 is 1. The molecule has 8 heteroatoms. The number of hydrogen-bond donors (Lipinski definition) is 2. The molecule has 118 valence electrons. The lowest BCUT2D eigenvalue weighted by Crippen LogP contribution is -2.39. The predicted octanol–water partition coefficient (Wildman–Crippen LogP) is 0.00602. The van der Waals surface area contributed by atoms with E-state index in [-0.39, 0.29) is 24.9 Å². The lowest BCUT2D eigenvalue weighted by atomic mass is 10.4. The molecular formula is C13H22N4O4. The van der Waals surface area contributed by atoms with Crippen molar-refractivity contribution < 1.29 is 18.8 Å². The largest absolute Gasteiger partial charge is 0.385 e. The van der Waals surface area contributed by atoms with E-state index in [2.05, 4.69) is 15.8 Å². The van der Waals surface area contributed by atoms with Crippen LogP contribution < -0.4 is 10.6 Å². The Balaban J connectivity index is 2.21. The molecule has 1 aromatic heterocycles. The van der Waals surface area contributed by atoms with Gasteiger partial charge in [0, 0.05) is 26.3 Å². The summed E-state index contributed by atoms with van der Waals surface area (Å²) in [5.74, 6) is 0.612. The molecule has 0 atom stereocenters. The number of ether oxygens (including phenoxy) is 1. The van der Waals surface area contributed by atoms with E-state index >= 15 is 0 Å². The third-order valence-electron chi connectivity index (χ3n) is 2.57. The van der Waals surface area contributed by atoms with Crippen LogP contribution in [0, 0.1) is 6.92 Å². The molecule has 0 saturated heterocycles. The van der Waals surface area contributed by atoms with Crippen molar-refractivity contribution >= 4 is 17.6 Å². The minimum atomic E-state index is -0.252. The second-order valence-electron chi connectivity index (χ2n) is 4.74. The highest BCUT2D eigenvalue weighted by atomic mass is 16.5. The summed E-state index contributed by atoms with van der Waals surface area (Å²) >= 11 is 0. The van der Waals surface area contributed by atoms with Gasteiger partial charge in [0.25, 0.3) is 0 Å². The molecule has 0 aliphatic carbocycles. The molecule has 2 amide bonds. The maximum Gasteiger partial charge on any atom is 0.239 e. The zero-order chi connectivity index (χ0) is 15.7. The predicted molar refractivity (Wildman–Crippen MR) is 76.9 cm³/mol. The van der Waals surface area contributed by atoms with E-state index in [0.29, 0.717) is 24.7 Å². The van der Waals surface area contributed by atoms with Crippen molar-refractivity contribution in [2.45, 2.75) is 13.3 Å². The SMILES string of the molecule is COCCCNC(=O)CN(C)CC(=O)Nc1cc(C)on1. The molecule has 0 bridgehead atoms. The molecule has 8 nitrogen and oxygen atoms in total. The molecule has 0 radical (unpaired) electrons. The molecule has 0 aliphatic heterocycles. The second kappa shape index (κ2) is 9.09. The van der Waals surface area contributed by atoms with Gasteiger partial charge in [-0.25, -0.2) is 0 Å². The summed E-state index contributed by atoms with van der Waals surface area (Å²) in [6.07, 6.45) is 0.762. The zero-order valence-corrected chi connectivity index (χ0v) is 12.6. The average Bonchev–Trinajstić information content (AvgIpc) is 2.79. The number of nitrogens with one attached hydrogen (secondary N) is 2. The molecule has 1 aromatic rings. The molecule has 0 saturated carbocycles. The molecule has 21 heavy (non-hydrogen) atoms. The van der Waals surface area contributed by atoms with Crippen LogP contribution in [0.1, 0.15) is 12.2 Å². The number of aryl methyl sites for hydroxylation is 1. The minimum Gasteiger partial charge on any atom is -0.385 e. The fourth-order valence-corrected chi connectivity index (χ4v) is 1.65. The molecule has 0 fully saturated rings. The van der Waals surface area contributed by atoms with Crippen LogP contribution in [0.25, 0.3) is 0 Å². The molecule has 0 aromatic carbocycles. The molecule has 0 aliphatic rings. The third-order valence-corrected chi connectivity index (χ3v) is 2.57. The smallest absolute Gasteiger partial charge is 0.239 e. The first-order valence-electron chi connectivity index (χ1n) is 6.68. The fraction of sp³-hybridized carbons (Fsp3) is 0.615. The number of nitrogens with zero attached hydrogens (tertiary/aromatic N) is 2. The van der Waals surface area contributed by atoms with Gasteiger partial charge in [-0.1, -0.05) is 5.16 Å². The van der Waals surface area contributed by atoms with E-state index in [0.717, 1.165) is 6.42 Å². The summed E-state index contributed by atoms with van der Waals surface area (Å²) in [5, 5.41) is 9.01. The first-order chi connectivity index (χ1) is 10.0. The summed E-state index contributed by atoms with van der Waals surface area (Å²) in [4.78, 5) is 25.0. The Morgan fingerprint density at radius 2 is 2.10 bits per heavy atom. The van der Waals surface area contributed by atoms with Crippen LogP contribution >= 0.6 is 0 Å². The van der Waals surface area contributed by atoms with Gasteiger partial charge in [-0.2, -0.15) is 0 Å². The molecule has 1 rings (SSSR count). The second-order valence-corrected chi connectivity index (χ2v) is 4.74. The van der Waals surface area contributed by atoms with E-state index < -0.39 is 0 Å². The summed E-state index contributed by atoms with van der Waals surface area (Å²) in [5.41, 5.74) is 0. The fourth-order valence-electron chi connectivity index (χ4n) is 1.65. The lowest BCUT2D eigenvalue weighted by molar-refractivity contribution is -0.123. The van der Waals surface area contributed by atoms with Gasteiger partial charge in [0.2, 0.25) is 11.8 Å². The van der Waals surface area contributed by atoms with Gasteiger partial charge in [0.1, 0.15) is 5.76 Å². The van der Waals surface area contributed by atoms with Crippen LogP contribution in [0.3, 0.4) is 0 Å². The number of anilines is 1. The summed E-state index contributed by atoms with van der Waals surface area (Å²) in [6.45, 7) is 3.15. The Morgan fingerprint density at radius 1 is 1.38 bits per heavy atom. The molecular weight excluding hydrogens is 276 g/mol. The van der Waals surface area contributed by atoms with E-state index in [9.17, 15) is 9.59 Å². The van der Waals surface area contributed by atoms with Gasteiger partial charge in [-0.3, -0.25) is 14.5 Å². The van der Waals surface area contributed by atoms with Gasteiger partial charge in [0.15, 0.2) is 5.82 Å². The minimum absolute atomic E-state index is 0.0946. The highest BCUT2D eigenvalue weighted by Gasteiger charge is 2.12. The number of carbonyl (C=O) groups is 2. The summed E-state index contributed by atoms with van der Waals surface area (Å²) < 4.78 is 9.73. The third kappa shape index (κ3) is 7.42. The van der Waals surface area contributed by atoms with Crippen LogP contribution in [-0.2, 0) is 14.3 Å². The monoisotopic (exact) mass is 298 g/mol. The molecule has 0 spiro atoms. The number of likely N-dealkylation sites (N-methyl/N-ethyl adjacent to an activating group) is 1. The van der Waals surface area contributed by atoms with Crippen molar-refractivity contribution in [2.75, 3.05) is 45.7 Å². The van der Waals surface area contributed by atoms with Crippen LogP contribution in [0.15, 0.2) is 10.6 Å². The van der Waals surface area contributed by atoms with Crippen molar-refractivity contribution in [1.29, 1.82) is 0 Å². The first kappa shape index (κ1) is 17.1. The number of amides is 2. The van der Waals surface area contributed by atoms with Crippen LogP contribution in [-0.4, -0.2) is 62.3 Å². The molecule has 0 unspecified atom stereocenters. The number of carbonyl (C=O) groups excluding carboxylic acids is 2. The highest BCUT2D eigenvalue weighted by Crippen LogP contribution is 2.06. The van der Waals surface area contributed by atoms with Crippen LogP contribution in [0.2, 0.25) is 0 Å². The Hall–Kier alpha value is -1.93. The van der Waals surface area contributed by atoms with Gasteiger partial charge in [-0.05, 0) is 20.4 Å². The van der Waals surface area contributed by atoms with Crippen molar-refractivity contribution in [3.8, 4) is 0 Å². The van der Waals surface area contributed by atoms with Crippen LogP contribution in [0.5, 0.6) is 0 Å². The number of aromatic nitrogens is 1. The van der Waals surface area contributed by atoms with Gasteiger partial charge >= 0.3 is 0 Å². The Labute approximate surface area is 123 Å². The quantitative estimate of drug-likeness (QED) is 0.623. The van der Waals surface area contributed by atoms with Gasteiger partial charge < -0.3 is 19.9 Å².